The quantitative estimate of drug-likeness (QED) is 0.206. The van der Waals surface area contributed by atoms with E-state index in [1.165, 1.54) is 19.2 Å². The molecule has 2 N–H and O–H groups in total. The molecule has 0 bridgehead atoms. The molecule has 1 fully saturated rings. The van der Waals surface area contributed by atoms with Gasteiger partial charge in [0.2, 0.25) is 15.9 Å². The molecule has 1 aromatic carbocycles. The summed E-state index contributed by atoms with van der Waals surface area (Å²) in [4.78, 5) is 31.0. The molecule has 3 aromatic heterocycles. The SMILES string of the molecule is COCCNS(=O)(=O)c1ccc(Oc2ccc(CN3CCC(N(C(=O)Nc4ccc(C)nc4)c4ccc(C)nc4)CC3)cn2)cc1. The monoisotopic (exact) mass is 645 g/mol. The number of carbonyl (C=O) groups is 1. The molecule has 242 valence electrons. The molecule has 0 atom stereocenters. The number of nitrogens with one attached hydrogen (secondary N) is 2. The van der Waals surface area contributed by atoms with E-state index in [2.05, 4.69) is 29.9 Å². The number of carbonyl (C=O) groups excluding carboxylic acids is 1. The van der Waals surface area contributed by atoms with Crippen LogP contribution in [-0.2, 0) is 21.3 Å². The number of methoxy groups -OCH3 is 1. The fourth-order valence-corrected chi connectivity index (χ4v) is 6.16. The van der Waals surface area contributed by atoms with E-state index in [0.717, 1.165) is 55.1 Å². The van der Waals surface area contributed by atoms with Crippen molar-refractivity contribution in [1.82, 2.24) is 24.6 Å². The molecule has 13 heteroatoms. The summed E-state index contributed by atoms with van der Waals surface area (Å²) in [5.74, 6) is 0.891. The second-order valence-electron chi connectivity index (χ2n) is 11.1. The Morgan fingerprint density at radius 1 is 0.913 bits per heavy atom. The zero-order valence-corrected chi connectivity index (χ0v) is 27.0. The number of hydrogen-bond acceptors (Lipinski definition) is 9. The van der Waals surface area contributed by atoms with Crippen molar-refractivity contribution >= 4 is 27.4 Å². The molecule has 1 aliphatic heterocycles. The van der Waals surface area contributed by atoms with Crippen molar-refractivity contribution in [3.63, 3.8) is 0 Å². The first-order chi connectivity index (χ1) is 22.2. The van der Waals surface area contributed by atoms with Crippen LogP contribution in [0, 0.1) is 13.8 Å². The number of sulfonamides is 1. The van der Waals surface area contributed by atoms with Gasteiger partial charge in [0.1, 0.15) is 5.75 Å². The maximum atomic E-state index is 13.5. The van der Waals surface area contributed by atoms with Crippen LogP contribution in [0.4, 0.5) is 16.2 Å². The summed E-state index contributed by atoms with van der Waals surface area (Å²) >= 11 is 0. The Labute approximate surface area is 269 Å². The topological polar surface area (TPSA) is 139 Å². The Morgan fingerprint density at radius 3 is 2.24 bits per heavy atom. The first-order valence-corrected chi connectivity index (χ1v) is 16.6. The van der Waals surface area contributed by atoms with E-state index in [-0.39, 0.29) is 30.1 Å². The minimum absolute atomic E-state index is 0.00980. The number of pyridine rings is 3. The Morgan fingerprint density at radius 2 is 1.63 bits per heavy atom. The van der Waals surface area contributed by atoms with E-state index < -0.39 is 10.0 Å². The van der Waals surface area contributed by atoms with Gasteiger partial charge in [-0.2, -0.15) is 0 Å². The summed E-state index contributed by atoms with van der Waals surface area (Å²) in [5.41, 5.74) is 4.22. The Hall–Kier alpha value is -4.43. The lowest BCUT2D eigenvalue weighted by Crippen LogP contribution is -2.49. The highest BCUT2D eigenvalue weighted by Crippen LogP contribution is 2.26. The maximum absolute atomic E-state index is 13.5. The number of urea groups is 1. The standard InChI is InChI=1S/C33H39N7O5S/c1-24-4-7-27(21-34-24)38-33(41)40(29-8-5-25(2)35-22-29)28-14-17-39(18-15-28)23-26-6-13-32(36-20-26)45-30-9-11-31(12-10-30)46(42,43)37-16-19-44-3/h4-13,20-22,28,37H,14-19,23H2,1-3H3,(H,38,41). The van der Waals surface area contributed by atoms with Crippen molar-refractivity contribution in [3.05, 3.63) is 96.2 Å². The van der Waals surface area contributed by atoms with Gasteiger partial charge in [-0.15, -0.1) is 0 Å². The summed E-state index contributed by atoms with van der Waals surface area (Å²) in [5, 5.41) is 3.00. The third kappa shape index (κ3) is 8.85. The second-order valence-corrected chi connectivity index (χ2v) is 12.9. The van der Waals surface area contributed by atoms with E-state index in [4.69, 9.17) is 9.47 Å². The van der Waals surface area contributed by atoms with Crippen LogP contribution in [0.15, 0.2) is 84.1 Å². The number of amides is 2. The zero-order chi connectivity index (χ0) is 32.5. The minimum Gasteiger partial charge on any atom is -0.439 e. The summed E-state index contributed by atoms with van der Waals surface area (Å²) in [6.45, 7) is 6.66. The molecule has 2 amide bonds. The molecule has 1 aliphatic rings. The molecule has 0 saturated carbocycles. The second kappa shape index (κ2) is 15.2. The van der Waals surface area contributed by atoms with Crippen molar-refractivity contribution in [2.24, 2.45) is 0 Å². The number of rotatable bonds is 12. The molecule has 5 rings (SSSR count). The molecule has 46 heavy (non-hydrogen) atoms. The van der Waals surface area contributed by atoms with Gasteiger partial charge in [0.05, 0.1) is 35.3 Å². The predicted octanol–water partition coefficient (Wildman–Crippen LogP) is 4.91. The Bertz CT molecular complexity index is 1680. The van der Waals surface area contributed by atoms with Crippen molar-refractivity contribution in [2.75, 3.05) is 43.6 Å². The van der Waals surface area contributed by atoms with Gasteiger partial charge < -0.3 is 14.8 Å². The van der Waals surface area contributed by atoms with Crippen LogP contribution in [0.2, 0.25) is 0 Å². The van der Waals surface area contributed by atoms with Gasteiger partial charge in [-0.05, 0) is 80.8 Å². The van der Waals surface area contributed by atoms with E-state index >= 15 is 0 Å². The number of piperidine rings is 1. The third-order valence-electron chi connectivity index (χ3n) is 7.64. The van der Waals surface area contributed by atoms with Crippen molar-refractivity contribution in [3.8, 4) is 11.6 Å². The van der Waals surface area contributed by atoms with E-state index in [9.17, 15) is 13.2 Å². The van der Waals surface area contributed by atoms with Crippen LogP contribution in [0.3, 0.4) is 0 Å². The molecular weight excluding hydrogens is 606 g/mol. The molecule has 0 unspecified atom stereocenters. The molecule has 0 aliphatic carbocycles. The van der Waals surface area contributed by atoms with Gasteiger partial charge in [-0.1, -0.05) is 6.07 Å². The lowest BCUT2D eigenvalue weighted by Gasteiger charge is -2.38. The highest BCUT2D eigenvalue weighted by Gasteiger charge is 2.30. The van der Waals surface area contributed by atoms with Crippen LogP contribution in [0.5, 0.6) is 11.6 Å². The number of aryl methyl sites for hydroxylation is 2. The average molecular weight is 646 g/mol. The van der Waals surface area contributed by atoms with Crippen molar-refractivity contribution in [1.29, 1.82) is 0 Å². The number of nitrogens with zero attached hydrogens (tertiary/aromatic N) is 5. The molecule has 12 nitrogen and oxygen atoms in total. The normalized spacial score (nSPS) is 14.2. The largest absolute Gasteiger partial charge is 0.439 e. The predicted molar refractivity (Wildman–Crippen MR) is 176 cm³/mol. The van der Waals surface area contributed by atoms with Gasteiger partial charge in [-0.25, -0.2) is 22.9 Å². The number of anilines is 2. The van der Waals surface area contributed by atoms with Crippen molar-refractivity contribution < 1.29 is 22.7 Å². The number of likely N-dealkylation sites (tertiary alicyclic amines) is 1. The van der Waals surface area contributed by atoms with Crippen LogP contribution < -0.4 is 19.7 Å². The Kier molecular flexibility index (Phi) is 10.9. The summed E-state index contributed by atoms with van der Waals surface area (Å²) in [7, 11) is -2.11. The molecule has 4 heterocycles. The van der Waals surface area contributed by atoms with Gasteiger partial charge in [-0.3, -0.25) is 19.8 Å². The summed E-state index contributed by atoms with van der Waals surface area (Å²) in [6.07, 6.45) is 6.80. The summed E-state index contributed by atoms with van der Waals surface area (Å²) in [6, 6.07) is 17.3. The van der Waals surface area contributed by atoms with Crippen LogP contribution in [-0.4, -0.2) is 73.7 Å². The molecule has 1 saturated heterocycles. The van der Waals surface area contributed by atoms with Gasteiger partial charge in [0, 0.05) is 63.0 Å². The molecule has 0 spiro atoms. The highest BCUT2D eigenvalue weighted by atomic mass is 32.2. The maximum Gasteiger partial charge on any atom is 0.326 e. The number of benzene rings is 1. The van der Waals surface area contributed by atoms with Crippen LogP contribution >= 0.6 is 0 Å². The molecule has 0 radical (unpaired) electrons. The van der Waals surface area contributed by atoms with E-state index in [1.807, 2.05) is 49.1 Å². The molecular formula is C33H39N7O5S. The minimum atomic E-state index is -3.62. The number of ether oxygens (including phenoxy) is 2. The van der Waals surface area contributed by atoms with E-state index in [1.54, 1.807) is 36.8 Å². The first-order valence-electron chi connectivity index (χ1n) is 15.1. The number of aromatic nitrogens is 3. The lowest BCUT2D eigenvalue weighted by atomic mass is 10.0. The fraction of sp³-hybridized carbons (Fsp3) is 0.333. The van der Waals surface area contributed by atoms with Crippen LogP contribution in [0.25, 0.3) is 0 Å². The fourth-order valence-electron chi connectivity index (χ4n) is 5.15. The van der Waals surface area contributed by atoms with Gasteiger partial charge >= 0.3 is 6.03 Å². The first kappa shape index (κ1) is 32.9. The van der Waals surface area contributed by atoms with Gasteiger partial charge in [0.15, 0.2) is 0 Å². The average Bonchev–Trinajstić information content (AvgIpc) is 3.05. The van der Waals surface area contributed by atoms with Crippen molar-refractivity contribution in [2.45, 2.75) is 44.2 Å². The smallest absolute Gasteiger partial charge is 0.326 e. The van der Waals surface area contributed by atoms with Crippen LogP contribution in [0.1, 0.15) is 29.8 Å². The zero-order valence-electron chi connectivity index (χ0n) is 26.2. The highest BCUT2D eigenvalue weighted by molar-refractivity contribution is 7.89. The lowest BCUT2D eigenvalue weighted by molar-refractivity contribution is 0.199. The number of hydrogen-bond donors (Lipinski definition) is 2. The molecule has 4 aromatic rings. The van der Waals surface area contributed by atoms with Gasteiger partial charge in [0.25, 0.3) is 0 Å². The summed E-state index contributed by atoms with van der Waals surface area (Å²) < 4.78 is 37.9. The Balaban J connectivity index is 1.16. The van der Waals surface area contributed by atoms with E-state index in [0.29, 0.717) is 17.3 Å². The third-order valence-corrected chi connectivity index (χ3v) is 9.11.